The van der Waals surface area contributed by atoms with Crippen LogP contribution in [0.2, 0.25) is 0 Å². The summed E-state index contributed by atoms with van der Waals surface area (Å²) in [5.74, 6) is -2.92. The fourth-order valence-electron chi connectivity index (χ4n) is 0.714. The lowest BCUT2D eigenvalue weighted by Crippen LogP contribution is -2.71. The van der Waals surface area contributed by atoms with E-state index in [1.54, 1.807) is 0 Å². The second kappa shape index (κ2) is 4.94. The lowest BCUT2D eigenvalue weighted by molar-refractivity contribution is -0.574. The highest BCUT2D eigenvalue weighted by molar-refractivity contribution is 5.81. The van der Waals surface area contributed by atoms with E-state index in [0.29, 0.717) is 0 Å². The first-order valence-electron chi connectivity index (χ1n) is 4.10. The topological polar surface area (TPSA) is 49.4 Å². The number of alkyl halides is 6. The summed E-state index contributed by atoms with van der Waals surface area (Å²) in [6, 6.07) is 0. The van der Waals surface area contributed by atoms with Gasteiger partial charge in [-0.25, -0.2) is 0 Å². The molecule has 0 radical (unpaired) electrons. The molecule has 9 heteroatoms. The molecular weight excluding hydrogens is 258 g/mol. The highest BCUT2D eigenvalue weighted by Gasteiger charge is 2.68. The molecule has 100 valence electrons. The van der Waals surface area contributed by atoms with E-state index < -0.39 is 30.5 Å². The van der Waals surface area contributed by atoms with Crippen LogP contribution in [-0.4, -0.2) is 30.5 Å². The van der Waals surface area contributed by atoms with Crippen molar-refractivity contribution in [3.8, 4) is 0 Å². The number of halogens is 6. The molecule has 0 spiro atoms. The van der Waals surface area contributed by atoms with Crippen LogP contribution in [-0.2, 0) is 9.53 Å². The number of rotatable bonds is 3. The maximum Gasteiger partial charge on any atom is 0.399 e. The zero-order valence-corrected chi connectivity index (χ0v) is 8.35. The Morgan fingerprint density at radius 1 is 1.18 bits per heavy atom. The molecule has 0 bridgehead atoms. The van der Waals surface area contributed by atoms with E-state index in [0.717, 1.165) is 6.08 Å². The number of esters is 1. The number of carbonyl (C=O) groups is 1. The molecule has 3 nitrogen and oxygen atoms in total. The molecule has 0 aromatic rings. The van der Waals surface area contributed by atoms with E-state index in [-0.39, 0.29) is 0 Å². The Balaban J connectivity index is 5.16. The Kier molecular flexibility index (Phi) is 4.58. The van der Waals surface area contributed by atoms with Crippen molar-refractivity contribution in [1.82, 2.24) is 0 Å². The van der Waals surface area contributed by atoms with Gasteiger partial charge in [-0.15, -0.1) is 0 Å². The van der Waals surface area contributed by atoms with Gasteiger partial charge in [-0.2, -0.15) is 26.3 Å². The first-order chi connectivity index (χ1) is 7.48. The van der Waals surface area contributed by atoms with Crippen LogP contribution < -0.4 is 5.11 Å². The molecule has 0 saturated heterocycles. The Hall–Kier alpha value is -1.25. The number of ether oxygens (including phenoxy) is 1. The summed E-state index contributed by atoms with van der Waals surface area (Å²) in [4.78, 5) is 10.6. The van der Waals surface area contributed by atoms with Crippen molar-refractivity contribution in [2.75, 3.05) is 6.61 Å². The highest BCUT2D eigenvalue weighted by atomic mass is 19.4. The quantitative estimate of drug-likeness (QED) is 0.439. The van der Waals surface area contributed by atoms with Crippen molar-refractivity contribution < 1.29 is 41.0 Å². The highest BCUT2D eigenvalue weighted by Crippen LogP contribution is 2.41. The molecule has 0 amide bonds. The van der Waals surface area contributed by atoms with E-state index in [1.807, 2.05) is 0 Å². The van der Waals surface area contributed by atoms with E-state index >= 15 is 0 Å². The molecule has 0 heterocycles. The molecule has 0 N–H and O–H groups in total. The van der Waals surface area contributed by atoms with Crippen LogP contribution in [0.5, 0.6) is 0 Å². The number of hydrogen-bond acceptors (Lipinski definition) is 3. The monoisotopic (exact) mass is 265 g/mol. The minimum Gasteiger partial charge on any atom is -0.828 e. The van der Waals surface area contributed by atoms with Gasteiger partial charge in [0, 0.05) is 0 Å². The maximum absolute atomic E-state index is 12.0. The van der Waals surface area contributed by atoms with Gasteiger partial charge in [0.05, 0.1) is 0 Å². The van der Waals surface area contributed by atoms with E-state index in [2.05, 4.69) is 4.74 Å². The van der Waals surface area contributed by atoms with Crippen LogP contribution in [0.25, 0.3) is 0 Å². The van der Waals surface area contributed by atoms with Crippen molar-refractivity contribution >= 4 is 5.97 Å². The molecule has 0 unspecified atom stereocenters. The summed E-state index contributed by atoms with van der Waals surface area (Å²) in [6.07, 6.45) is -10.4. The molecular formula is C8H7F6O3-. The zero-order chi connectivity index (χ0) is 13.9. The molecule has 0 aliphatic rings. The lowest BCUT2D eigenvalue weighted by atomic mass is 10.0. The third-order valence-electron chi connectivity index (χ3n) is 1.63. The Labute approximate surface area is 91.7 Å². The number of allylic oxidation sites excluding steroid dienone is 1. The average Bonchev–Trinajstić information content (AvgIpc) is 2.13. The van der Waals surface area contributed by atoms with Crippen molar-refractivity contribution in [3.63, 3.8) is 0 Å². The average molecular weight is 265 g/mol. The zero-order valence-electron chi connectivity index (χ0n) is 8.35. The largest absolute Gasteiger partial charge is 0.828 e. The van der Waals surface area contributed by atoms with Crippen LogP contribution in [0, 0.1) is 0 Å². The van der Waals surface area contributed by atoms with E-state index in [1.165, 1.54) is 13.0 Å². The minimum atomic E-state index is -6.32. The molecule has 17 heavy (non-hydrogen) atoms. The first-order valence-corrected chi connectivity index (χ1v) is 4.10. The number of carbonyl (C=O) groups excluding carboxylic acids is 1. The van der Waals surface area contributed by atoms with Crippen molar-refractivity contribution in [2.45, 2.75) is 24.9 Å². The van der Waals surface area contributed by atoms with Crippen LogP contribution in [0.3, 0.4) is 0 Å². The van der Waals surface area contributed by atoms with Gasteiger partial charge in [0.2, 0.25) is 0 Å². The summed E-state index contributed by atoms with van der Waals surface area (Å²) in [6.45, 7) is 0.553. The summed E-state index contributed by atoms with van der Waals surface area (Å²) in [7, 11) is 0. The van der Waals surface area contributed by atoms with Crippen LogP contribution in [0.4, 0.5) is 26.3 Å². The lowest BCUT2D eigenvalue weighted by Gasteiger charge is -2.39. The fraction of sp³-hybridized carbons (Fsp3) is 0.625. The smallest absolute Gasteiger partial charge is 0.399 e. The van der Waals surface area contributed by atoms with Crippen LogP contribution in [0.1, 0.15) is 6.92 Å². The first kappa shape index (κ1) is 15.8. The van der Waals surface area contributed by atoms with Gasteiger partial charge in [-0.1, -0.05) is 12.2 Å². The Bertz CT molecular complexity index is 289. The van der Waals surface area contributed by atoms with Gasteiger partial charge in [-0.05, 0) is 6.92 Å². The predicted octanol–water partition coefficient (Wildman–Crippen LogP) is 1.33. The van der Waals surface area contributed by atoms with Crippen LogP contribution >= 0.6 is 0 Å². The molecule has 0 aliphatic heterocycles. The second-order valence-electron chi connectivity index (χ2n) is 2.84. The molecule has 0 fully saturated rings. The standard InChI is InChI=1S/C8H7F6O3/c1-2-3-4-17-5(15)6(16,7(9,10)11)8(12,13)14/h2-3H,4H2,1H3/q-1/b3-2+. The van der Waals surface area contributed by atoms with E-state index in [4.69, 9.17) is 0 Å². The Morgan fingerprint density at radius 2 is 1.59 bits per heavy atom. The Morgan fingerprint density at radius 3 is 1.88 bits per heavy atom. The predicted molar refractivity (Wildman–Crippen MR) is 40.6 cm³/mol. The maximum atomic E-state index is 12.0. The van der Waals surface area contributed by atoms with Gasteiger partial charge >= 0.3 is 18.3 Å². The molecule has 0 aromatic carbocycles. The van der Waals surface area contributed by atoms with Gasteiger partial charge in [0.15, 0.2) is 5.60 Å². The summed E-state index contributed by atoms with van der Waals surface area (Å²) in [5.41, 5.74) is -5.76. The normalized spacial score (nSPS) is 14.1. The van der Waals surface area contributed by atoms with Gasteiger partial charge < -0.3 is 9.84 Å². The summed E-state index contributed by atoms with van der Waals surface area (Å²) in [5, 5.41) is 10.7. The summed E-state index contributed by atoms with van der Waals surface area (Å²) >= 11 is 0. The molecule has 0 saturated carbocycles. The molecule has 0 aliphatic carbocycles. The molecule has 0 rings (SSSR count). The number of hydrogen-bond donors (Lipinski definition) is 0. The van der Waals surface area contributed by atoms with Crippen molar-refractivity contribution in [2.24, 2.45) is 0 Å². The van der Waals surface area contributed by atoms with Gasteiger partial charge in [0.25, 0.3) is 0 Å². The molecule has 0 aromatic heterocycles. The third-order valence-corrected chi connectivity index (χ3v) is 1.63. The third kappa shape index (κ3) is 3.11. The van der Waals surface area contributed by atoms with E-state index in [9.17, 15) is 36.2 Å². The fourth-order valence-corrected chi connectivity index (χ4v) is 0.714. The van der Waals surface area contributed by atoms with Gasteiger partial charge in [0.1, 0.15) is 6.61 Å². The van der Waals surface area contributed by atoms with Crippen molar-refractivity contribution in [3.05, 3.63) is 12.2 Å². The van der Waals surface area contributed by atoms with Crippen LogP contribution in [0.15, 0.2) is 12.2 Å². The SMILES string of the molecule is C/C=C/COC(=O)C([O-])(C(F)(F)F)C(F)(F)F. The van der Waals surface area contributed by atoms with Gasteiger partial charge in [-0.3, -0.25) is 4.79 Å². The second-order valence-corrected chi connectivity index (χ2v) is 2.84. The van der Waals surface area contributed by atoms with Crippen molar-refractivity contribution in [1.29, 1.82) is 0 Å². The summed E-state index contributed by atoms with van der Waals surface area (Å²) < 4.78 is 75.7. The molecule has 0 atom stereocenters. The minimum absolute atomic E-state index is 0.842.